The van der Waals surface area contributed by atoms with Gasteiger partial charge in [-0.05, 0) is 68.3 Å². The number of nitrogens with zero attached hydrogens (tertiary/aromatic N) is 3. The van der Waals surface area contributed by atoms with E-state index < -0.39 is 24.3 Å². The largest absolute Gasteiger partial charge is 0.488 e. The molecule has 1 aliphatic heterocycles. The van der Waals surface area contributed by atoms with E-state index in [1.807, 2.05) is 7.05 Å². The van der Waals surface area contributed by atoms with Crippen molar-refractivity contribution in [2.75, 3.05) is 37.6 Å². The Labute approximate surface area is 228 Å². The Hall–Kier alpha value is -3.06. The zero-order valence-electron chi connectivity index (χ0n) is 20.9. The summed E-state index contributed by atoms with van der Waals surface area (Å²) in [5.41, 5.74) is 2.29. The number of anilines is 4. The van der Waals surface area contributed by atoms with Crippen LogP contribution in [-0.4, -0.2) is 56.8 Å². The molecule has 0 spiro atoms. The first kappa shape index (κ1) is 28.9. The first-order valence-electron chi connectivity index (χ1n) is 11.4. The van der Waals surface area contributed by atoms with Crippen LogP contribution in [0.2, 0.25) is 5.02 Å². The molecule has 2 heterocycles. The lowest BCUT2D eigenvalue weighted by atomic mass is 9.99. The normalized spacial score (nSPS) is 14.2. The minimum atomic E-state index is -5.29. The third-order valence-corrected chi connectivity index (χ3v) is 7.91. The first-order chi connectivity index (χ1) is 18.2. The van der Waals surface area contributed by atoms with E-state index >= 15 is 0 Å². The van der Waals surface area contributed by atoms with Crippen LogP contribution < -0.4 is 24.9 Å². The fourth-order valence-electron chi connectivity index (χ4n) is 4.01. The van der Waals surface area contributed by atoms with E-state index in [1.54, 1.807) is 12.1 Å². The lowest BCUT2D eigenvalue weighted by Crippen LogP contribution is -2.26. The Bertz CT molecular complexity index is 1560. The lowest BCUT2D eigenvalue weighted by Gasteiger charge is -2.26. The Balaban J connectivity index is 1.67. The third-order valence-electron chi connectivity index (χ3n) is 5.71. The van der Waals surface area contributed by atoms with Gasteiger partial charge in [-0.3, -0.25) is 0 Å². The van der Waals surface area contributed by atoms with E-state index in [2.05, 4.69) is 29.7 Å². The zero-order valence-corrected chi connectivity index (χ0v) is 23.4. The topological polar surface area (TPSA) is 123 Å². The fourth-order valence-corrected chi connectivity index (χ4v) is 5.63. The van der Waals surface area contributed by atoms with Crippen molar-refractivity contribution in [3.8, 4) is 11.5 Å². The molecule has 4 rings (SSSR count). The molecule has 39 heavy (non-hydrogen) atoms. The second-order valence-electron chi connectivity index (χ2n) is 9.13. The number of nitrogens with one attached hydrogen (secondary N) is 2. The van der Waals surface area contributed by atoms with Crippen LogP contribution in [0.4, 0.5) is 35.8 Å². The molecular weight excluding hydrogens is 582 g/mol. The summed E-state index contributed by atoms with van der Waals surface area (Å²) >= 11 is 6.28. The number of hydrogen-bond acceptors (Lipinski definition) is 10. The van der Waals surface area contributed by atoms with Gasteiger partial charge in [0.05, 0.1) is 17.6 Å². The monoisotopic (exact) mass is 605 g/mol. The molecule has 10 nitrogen and oxygen atoms in total. The quantitative estimate of drug-likeness (QED) is 0.253. The van der Waals surface area contributed by atoms with Crippen LogP contribution in [0.25, 0.3) is 0 Å². The molecule has 210 valence electrons. The van der Waals surface area contributed by atoms with E-state index in [4.69, 9.17) is 16.3 Å². The van der Waals surface area contributed by atoms with Crippen molar-refractivity contribution >= 4 is 57.7 Å². The summed E-state index contributed by atoms with van der Waals surface area (Å²) < 4.78 is 83.0. The molecule has 0 radical (unpaired) electrons. The van der Waals surface area contributed by atoms with Crippen molar-refractivity contribution in [1.82, 2.24) is 14.9 Å². The van der Waals surface area contributed by atoms with E-state index in [1.165, 1.54) is 25.6 Å². The molecule has 0 aliphatic carbocycles. The molecule has 0 fully saturated rings. The first-order valence-corrected chi connectivity index (χ1v) is 15.7. The summed E-state index contributed by atoms with van der Waals surface area (Å²) in [6, 6.07) is 6.89. The van der Waals surface area contributed by atoms with Gasteiger partial charge in [0.25, 0.3) is 0 Å². The average Bonchev–Trinajstić information content (AvgIpc) is 2.80. The van der Waals surface area contributed by atoms with E-state index in [0.29, 0.717) is 13.0 Å². The fraction of sp³-hybridized carbons (Fsp3) is 0.304. The highest BCUT2D eigenvalue weighted by Gasteiger charge is 2.22. The molecule has 0 bridgehead atoms. The van der Waals surface area contributed by atoms with Gasteiger partial charge >= 0.3 is 17.1 Å². The van der Waals surface area contributed by atoms with Gasteiger partial charge in [-0.2, -0.15) is 22.2 Å². The van der Waals surface area contributed by atoms with Crippen molar-refractivity contribution in [3.63, 3.8) is 0 Å². The summed E-state index contributed by atoms with van der Waals surface area (Å²) in [4.78, 5) is 10.5. The predicted octanol–water partition coefficient (Wildman–Crippen LogP) is 5.05. The molecule has 1 aromatic heterocycles. The van der Waals surface area contributed by atoms with Crippen LogP contribution in [0.5, 0.6) is 11.5 Å². The van der Waals surface area contributed by atoms with Gasteiger partial charge in [-0.1, -0.05) is 15.5 Å². The number of likely N-dealkylation sites (N-methyl/N-ethyl adjacent to an activating group) is 1. The van der Waals surface area contributed by atoms with Crippen molar-refractivity contribution < 1.29 is 34.6 Å². The number of hydrogen-bond donors (Lipinski definition) is 2. The molecule has 0 saturated heterocycles. The molecule has 16 heteroatoms. The highest BCUT2D eigenvalue weighted by atomic mass is 35.5. The number of benzene rings is 2. The lowest BCUT2D eigenvalue weighted by molar-refractivity contribution is -0.0494. The standard InChI is InChI=1S/C23H24ClF3N5O5PS/c1-32-7-6-13-9-19(36-22(25)26)18(8-14(13)12-32)30-23-28-11-16(24)21(31-23)29-17-5-4-15(37-39(27,34)35)10-20(17)38(2,3)33/h4-5,8-11,22H,6-7,12H2,1-3H3,(H2,28,29,30,31). The van der Waals surface area contributed by atoms with Gasteiger partial charge < -0.3 is 29.0 Å². The van der Waals surface area contributed by atoms with Gasteiger partial charge in [-0.25, -0.2) is 4.98 Å². The molecule has 0 atom stereocenters. The van der Waals surface area contributed by atoms with Crippen LogP contribution in [0.3, 0.4) is 0 Å². The van der Waals surface area contributed by atoms with Crippen molar-refractivity contribution in [2.24, 2.45) is 0 Å². The maximum absolute atomic E-state index is 13.1. The molecule has 1 aliphatic rings. The highest BCUT2D eigenvalue weighted by Crippen LogP contribution is 2.41. The molecule has 2 aromatic carbocycles. The van der Waals surface area contributed by atoms with Gasteiger partial charge in [-0.15, -0.1) is 0 Å². The number of alkyl halides is 2. The Morgan fingerprint density at radius 3 is 2.54 bits per heavy atom. The maximum Gasteiger partial charge on any atom is 0.488 e. The smallest absolute Gasteiger partial charge is 0.433 e. The van der Waals surface area contributed by atoms with Crippen LogP contribution in [0.1, 0.15) is 11.1 Å². The van der Waals surface area contributed by atoms with E-state index in [9.17, 15) is 25.6 Å². The molecule has 0 amide bonds. The third kappa shape index (κ3) is 7.53. The Morgan fingerprint density at radius 2 is 1.87 bits per heavy atom. The number of rotatable bonds is 9. The Kier molecular flexibility index (Phi) is 8.31. The predicted molar refractivity (Wildman–Crippen MR) is 143 cm³/mol. The van der Waals surface area contributed by atoms with Crippen molar-refractivity contribution in [1.29, 1.82) is 0 Å². The van der Waals surface area contributed by atoms with Gasteiger partial charge in [0.2, 0.25) is 5.95 Å². The maximum atomic E-state index is 13.1. The summed E-state index contributed by atoms with van der Waals surface area (Å²) in [5.74, 6) is -0.390. The highest BCUT2D eigenvalue weighted by molar-refractivity contribution is 7.81. The van der Waals surface area contributed by atoms with Gasteiger partial charge in [0, 0.05) is 18.4 Å². The van der Waals surface area contributed by atoms with Crippen LogP contribution in [0, 0.1) is 0 Å². The van der Waals surface area contributed by atoms with Crippen molar-refractivity contribution in [2.45, 2.75) is 19.6 Å². The molecule has 0 unspecified atom stereocenters. The minimum absolute atomic E-state index is 0.00802. The number of ether oxygens (including phenoxy) is 1. The number of fused-ring (bicyclic) bond motifs is 1. The van der Waals surface area contributed by atoms with Gasteiger partial charge in [0.1, 0.15) is 23.7 Å². The summed E-state index contributed by atoms with van der Waals surface area (Å²) in [6.07, 6.45) is 1.95. The number of aromatic nitrogens is 2. The second-order valence-corrected chi connectivity index (χ2v) is 13.7. The molecular formula is C23H24ClF3N5O5PS. The number of halogens is 4. The Morgan fingerprint density at radius 1 is 1.13 bits per heavy atom. The molecule has 0 saturated carbocycles. The van der Waals surface area contributed by atoms with Crippen LogP contribution in [-0.2, 0) is 28.0 Å². The van der Waals surface area contributed by atoms with Gasteiger partial charge in [0.15, 0.2) is 5.82 Å². The SMILES string of the molecule is CN1CCc2cc(OC(F)F)c(Nc3ncc(Cl)c(Nc4ccc(OS(=O)(=O)F)cc4P(C)(C)=O)n3)cc2C1. The van der Waals surface area contributed by atoms with E-state index in [-0.39, 0.29) is 45.0 Å². The van der Waals surface area contributed by atoms with E-state index in [0.717, 1.165) is 29.8 Å². The summed E-state index contributed by atoms with van der Waals surface area (Å²) in [7, 11) is -6.40. The minimum Gasteiger partial charge on any atom is -0.433 e. The van der Waals surface area contributed by atoms with Crippen LogP contribution >= 0.6 is 18.7 Å². The van der Waals surface area contributed by atoms with Crippen LogP contribution in [0.15, 0.2) is 36.5 Å². The second kappa shape index (κ2) is 11.2. The molecule has 2 N–H and O–H groups in total. The average molecular weight is 606 g/mol. The summed E-state index contributed by atoms with van der Waals surface area (Å²) in [5, 5.41) is 6.01. The summed E-state index contributed by atoms with van der Waals surface area (Å²) in [6.45, 7) is 1.20. The zero-order chi connectivity index (χ0) is 28.5. The molecule has 3 aromatic rings. The van der Waals surface area contributed by atoms with Crippen molar-refractivity contribution in [3.05, 3.63) is 52.7 Å².